The Morgan fingerprint density at radius 1 is 1.25 bits per heavy atom. The molecule has 0 radical (unpaired) electrons. The summed E-state index contributed by atoms with van der Waals surface area (Å²) >= 11 is 3.27. The smallest absolute Gasteiger partial charge is 0.222 e. The molecule has 0 saturated carbocycles. The van der Waals surface area contributed by atoms with Crippen molar-refractivity contribution >= 4 is 29.0 Å². The number of carbonyl (C=O) groups is 1. The third-order valence-electron chi connectivity index (χ3n) is 2.85. The second kappa shape index (κ2) is 6.41. The lowest BCUT2D eigenvalue weighted by Crippen LogP contribution is -2.13. The second-order valence-electron chi connectivity index (χ2n) is 4.92. The molecule has 20 heavy (non-hydrogen) atoms. The van der Waals surface area contributed by atoms with Crippen molar-refractivity contribution in [3.63, 3.8) is 0 Å². The van der Waals surface area contributed by atoms with Gasteiger partial charge < -0.3 is 5.73 Å². The van der Waals surface area contributed by atoms with E-state index in [0.29, 0.717) is 0 Å². The van der Waals surface area contributed by atoms with Crippen LogP contribution in [0.5, 0.6) is 0 Å². The quantitative estimate of drug-likeness (QED) is 0.862. The van der Waals surface area contributed by atoms with Crippen LogP contribution in [0.4, 0.5) is 0 Å². The SMILES string of the molecule is Cc1cc(C)cc(CSc2nc(C)c(CC(N)=O)s2)c1. The Bertz CT molecular complexity index is 615. The highest BCUT2D eigenvalue weighted by Crippen LogP contribution is 2.30. The Hall–Kier alpha value is -1.33. The first-order chi connectivity index (χ1) is 9.44. The first-order valence-corrected chi connectivity index (χ1v) is 8.19. The number of aromatic nitrogens is 1. The Labute approximate surface area is 127 Å². The molecule has 0 atom stereocenters. The van der Waals surface area contributed by atoms with Crippen molar-refractivity contribution in [1.82, 2.24) is 4.98 Å². The lowest BCUT2D eigenvalue weighted by atomic mass is 10.1. The van der Waals surface area contributed by atoms with Crippen molar-refractivity contribution in [2.45, 2.75) is 37.3 Å². The number of thioether (sulfide) groups is 1. The first kappa shape index (κ1) is 15.1. The molecule has 2 aromatic rings. The van der Waals surface area contributed by atoms with Crippen LogP contribution in [0, 0.1) is 20.8 Å². The predicted octanol–water partition coefficient (Wildman–Crippen LogP) is 3.39. The maximum Gasteiger partial charge on any atom is 0.222 e. The normalized spacial score (nSPS) is 10.8. The molecular formula is C15H18N2OS2. The van der Waals surface area contributed by atoms with Gasteiger partial charge in [0.15, 0.2) is 4.34 Å². The fraction of sp³-hybridized carbons (Fsp3) is 0.333. The van der Waals surface area contributed by atoms with Gasteiger partial charge in [-0.2, -0.15) is 0 Å². The zero-order valence-electron chi connectivity index (χ0n) is 11.9. The summed E-state index contributed by atoms with van der Waals surface area (Å²) in [4.78, 5) is 16.4. The van der Waals surface area contributed by atoms with E-state index in [-0.39, 0.29) is 12.3 Å². The van der Waals surface area contributed by atoms with E-state index >= 15 is 0 Å². The molecule has 0 fully saturated rings. The van der Waals surface area contributed by atoms with Crippen molar-refractivity contribution < 1.29 is 4.79 Å². The van der Waals surface area contributed by atoms with E-state index < -0.39 is 0 Å². The summed E-state index contributed by atoms with van der Waals surface area (Å²) in [5.74, 6) is 0.591. The molecule has 0 spiro atoms. The molecule has 0 aliphatic rings. The average molecular weight is 306 g/mol. The monoisotopic (exact) mass is 306 g/mol. The number of aryl methyl sites for hydroxylation is 3. The topological polar surface area (TPSA) is 56.0 Å². The van der Waals surface area contributed by atoms with Crippen molar-refractivity contribution in [2.24, 2.45) is 5.73 Å². The second-order valence-corrected chi connectivity index (χ2v) is 7.22. The molecule has 3 nitrogen and oxygen atoms in total. The third kappa shape index (κ3) is 4.08. The highest BCUT2D eigenvalue weighted by atomic mass is 32.2. The van der Waals surface area contributed by atoms with Gasteiger partial charge >= 0.3 is 0 Å². The van der Waals surface area contributed by atoms with E-state index in [0.717, 1.165) is 20.7 Å². The van der Waals surface area contributed by atoms with E-state index in [2.05, 4.69) is 37.0 Å². The summed E-state index contributed by atoms with van der Waals surface area (Å²) in [6.45, 7) is 6.15. The highest BCUT2D eigenvalue weighted by molar-refractivity contribution is 8.00. The number of nitrogens with two attached hydrogens (primary N) is 1. The molecular weight excluding hydrogens is 288 g/mol. The molecule has 1 aromatic heterocycles. The molecule has 106 valence electrons. The molecule has 0 aliphatic heterocycles. The van der Waals surface area contributed by atoms with E-state index in [1.54, 1.807) is 23.1 Å². The maximum absolute atomic E-state index is 11.0. The number of hydrogen-bond donors (Lipinski definition) is 1. The van der Waals surface area contributed by atoms with Gasteiger partial charge in [-0.3, -0.25) is 4.79 Å². The maximum atomic E-state index is 11.0. The minimum Gasteiger partial charge on any atom is -0.369 e. The van der Waals surface area contributed by atoms with Crippen LogP contribution in [0.1, 0.15) is 27.3 Å². The van der Waals surface area contributed by atoms with E-state index in [1.807, 2.05) is 6.92 Å². The number of amides is 1. The van der Waals surface area contributed by atoms with Crippen LogP contribution < -0.4 is 5.73 Å². The summed E-state index contributed by atoms with van der Waals surface area (Å²) in [6.07, 6.45) is 0.285. The molecule has 0 unspecified atom stereocenters. The van der Waals surface area contributed by atoms with Crippen molar-refractivity contribution in [1.29, 1.82) is 0 Å². The van der Waals surface area contributed by atoms with Crippen LogP contribution in [-0.2, 0) is 17.0 Å². The Kier molecular flexibility index (Phi) is 4.83. The predicted molar refractivity (Wildman–Crippen MR) is 85.2 cm³/mol. The van der Waals surface area contributed by atoms with Crippen LogP contribution in [-0.4, -0.2) is 10.9 Å². The van der Waals surface area contributed by atoms with Crippen LogP contribution in [0.15, 0.2) is 22.5 Å². The zero-order valence-corrected chi connectivity index (χ0v) is 13.5. The lowest BCUT2D eigenvalue weighted by molar-refractivity contribution is -0.117. The van der Waals surface area contributed by atoms with E-state index in [4.69, 9.17) is 5.73 Å². The van der Waals surface area contributed by atoms with Gasteiger partial charge in [-0.1, -0.05) is 41.1 Å². The summed E-state index contributed by atoms with van der Waals surface area (Å²) in [5.41, 5.74) is 10.0. The molecule has 1 amide bonds. The highest BCUT2D eigenvalue weighted by Gasteiger charge is 2.10. The summed E-state index contributed by atoms with van der Waals surface area (Å²) in [5, 5.41) is 0. The zero-order chi connectivity index (χ0) is 14.7. The average Bonchev–Trinajstić information content (AvgIpc) is 2.65. The van der Waals surface area contributed by atoms with Gasteiger partial charge in [0.25, 0.3) is 0 Å². The van der Waals surface area contributed by atoms with Crippen LogP contribution >= 0.6 is 23.1 Å². The molecule has 1 aromatic carbocycles. The third-order valence-corrected chi connectivity index (χ3v) is 5.22. The first-order valence-electron chi connectivity index (χ1n) is 6.38. The van der Waals surface area contributed by atoms with Gasteiger partial charge in [0.2, 0.25) is 5.91 Å². The summed E-state index contributed by atoms with van der Waals surface area (Å²) < 4.78 is 0.998. The van der Waals surface area contributed by atoms with Gasteiger partial charge in [0.1, 0.15) is 0 Å². The largest absolute Gasteiger partial charge is 0.369 e. The van der Waals surface area contributed by atoms with Crippen LogP contribution in [0.3, 0.4) is 0 Å². The Morgan fingerprint density at radius 2 is 1.90 bits per heavy atom. The van der Waals surface area contributed by atoms with Crippen LogP contribution in [0.2, 0.25) is 0 Å². The molecule has 0 bridgehead atoms. The number of benzene rings is 1. The standard InChI is InChI=1S/C15H18N2OS2/c1-9-4-10(2)6-12(5-9)8-19-15-17-11(3)13(20-15)7-14(16)18/h4-6H,7-8H2,1-3H3,(H2,16,18). The molecule has 0 saturated heterocycles. The van der Waals surface area contributed by atoms with Gasteiger partial charge in [-0.05, 0) is 26.3 Å². The molecule has 0 aliphatic carbocycles. The van der Waals surface area contributed by atoms with E-state index in [1.165, 1.54) is 16.7 Å². The van der Waals surface area contributed by atoms with Crippen molar-refractivity contribution in [3.8, 4) is 0 Å². The van der Waals surface area contributed by atoms with Gasteiger partial charge in [0, 0.05) is 10.6 Å². The number of primary amides is 1. The Balaban J connectivity index is 2.05. The molecule has 1 heterocycles. The minimum atomic E-state index is -0.303. The van der Waals surface area contributed by atoms with Crippen molar-refractivity contribution in [3.05, 3.63) is 45.5 Å². The molecule has 5 heteroatoms. The Morgan fingerprint density at radius 3 is 2.50 bits per heavy atom. The number of hydrogen-bond acceptors (Lipinski definition) is 4. The van der Waals surface area contributed by atoms with E-state index in [9.17, 15) is 4.79 Å². The summed E-state index contributed by atoms with van der Waals surface area (Å²) in [6, 6.07) is 6.57. The van der Waals surface area contributed by atoms with Crippen LogP contribution in [0.25, 0.3) is 0 Å². The number of thiazole rings is 1. The number of rotatable bonds is 5. The number of nitrogens with zero attached hydrogens (tertiary/aromatic N) is 1. The fourth-order valence-corrected chi connectivity index (χ4v) is 4.26. The lowest BCUT2D eigenvalue weighted by Gasteiger charge is -2.03. The fourth-order valence-electron chi connectivity index (χ4n) is 2.08. The molecule has 2 N–H and O–H groups in total. The van der Waals surface area contributed by atoms with Crippen molar-refractivity contribution in [2.75, 3.05) is 0 Å². The minimum absolute atomic E-state index is 0.285. The van der Waals surface area contributed by atoms with Gasteiger partial charge in [-0.25, -0.2) is 4.98 Å². The van der Waals surface area contributed by atoms with Gasteiger partial charge in [-0.15, -0.1) is 11.3 Å². The molecule has 2 rings (SSSR count). The summed E-state index contributed by atoms with van der Waals surface area (Å²) in [7, 11) is 0. The number of carbonyl (C=O) groups excluding carboxylic acids is 1. The van der Waals surface area contributed by atoms with Gasteiger partial charge in [0.05, 0.1) is 12.1 Å².